The molecular weight excluding hydrogens is 368 g/mol. The van der Waals surface area contributed by atoms with Gasteiger partial charge < -0.3 is 20.7 Å². The maximum absolute atomic E-state index is 12.8. The highest BCUT2D eigenvalue weighted by Gasteiger charge is 2.31. The SMILES string of the molecule is COc1ccccc1C1CNCCN1CC(=O)N1CCCC(C(N)=O)C1.Cl. The van der Waals surface area contributed by atoms with Gasteiger partial charge in [-0.25, -0.2) is 0 Å². The Balaban J connectivity index is 0.00000261. The van der Waals surface area contributed by atoms with Gasteiger partial charge in [0, 0.05) is 38.3 Å². The number of piperazine rings is 1. The first-order chi connectivity index (χ1) is 12.6. The van der Waals surface area contributed by atoms with Gasteiger partial charge in [0.25, 0.3) is 0 Å². The van der Waals surface area contributed by atoms with Gasteiger partial charge >= 0.3 is 0 Å². The highest BCUT2D eigenvalue weighted by Crippen LogP contribution is 2.30. The number of benzene rings is 1. The van der Waals surface area contributed by atoms with Crippen LogP contribution in [-0.4, -0.2) is 68.0 Å². The third-order valence-corrected chi connectivity index (χ3v) is 5.37. The molecule has 1 aromatic carbocycles. The van der Waals surface area contributed by atoms with Crippen molar-refractivity contribution < 1.29 is 14.3 Å². The third-order valence-electron chi connectivity index (χ3n) is 5.37. The lowest BCUT2D eigenvalue weighted by atomic mass is 9.97. The van der Waals surface area contributed by atoms with Crippen LogP contribution >= 0.6 is 12.4 Å². The van der Waals surface area contributed by atoms with E-state index in [9.17, 15) is 9.59 Å². The fourth-order valence-electron chi connectivity index (χ4n) is 3.89. The van der Waals surface area contributed by atoms with Crippen LogP contribution in [0, 0.1) is 5.92 Å². The number of nitrogens with zero attached hydrogens (tertiary/aromatic N) is 2. The molecule has 2 unspecified atom stereocenters. The topological polar surface area (TPSA) is 87.9 Å². The maximum Gasteiger partial charge on any atom is 0.236 e. The van der Waals surface area contributed by atoms with Crippen molar-refractivity contribution in [3.8, 4) is 5.75 Å². The molecule has 2 amide bonds. The zero-order chi connectivity index (χ0) is 18.5. The Kier molecular flexibility index (Phi) is 7.89. The minimum Gasteiger partial charge on any atom is -0.496 e. The van der Waals surface area contributed by atoms with Crippen molar-refractivity contribution in [2.75, 3.05) is 46.4 Å². The maximum atomic E-state index is 12.8. The van der Waals surface area contributed by atoms with Gasteiger partial charge in [0.1, 0.15) is 5.75 Å². The fraction of sp³-hybridized carbons (Fsp3) is 0.579. The summed E-state index contributed by atoms with van der Waals surface area (Å²) in [5.41, 5.74) is 6.52. The number of nitrogens with two attached hydrogens (primary N) is 1. The summed E-state index contributed by atoms with van der Waals surface area (Å²) < 4.78 is 5.51. The van der Waals surface area contributed by atoms with Crippen molar-refractivity contribution in [3.63, 3.8) is 0 Å². The molecule has 3 N–H and O–H groups in total. The van der Waals surface area contributed by atoms with Crippen LogP contribution in [0.5, 0.6) is 5.75 Å². The molecule has 27 heavy (non-hydrogen) atoms. The summed E-state index contributed by atoms with van der Waals surface area (Å²) in [6.45, 7) is 3.91. The summed E-state index contributed by atoms with van der Waals surface area (Å²) in [4.78, 5) is 28.3. The number of piperidine rings is 1. The predicted molar refractivity (Wildman–Crippen MR) is 106 cm³/mol. The van der Waals surface area contributed by atoms with Crippen LogP contribution in [0.4, 0.5) is 0 Å². The van der Waals surface area contributed by atoms with Gasteiger partial charge in [-0.2, -0.15) is 0 Å². The van der Waals surface area contributed by atoms with E-state index in [1.165, 1.54) is 0 Å². The summed E-state index contributed by atoms with van der Waals surface area (Å²) in [6, 6.07) is 8.03. The number of hydrogen-bond donors (Lipinski definition) is 2. The standard InChI is InChI=1S/C19H28N4O3.ClH/c1-26-17-7-3-2-6-15(17)16-11-21-8-10-22(16)13-18(24)23-9-4-5-14(12-23)19(20)25;/h2-3,6-7,14,16,21H,4-5,8-13H2,1H3,(H2,20,25);1H. The number of primary amides is 1. The summed E-state index contributed by atoms with van der Waals surface area (Å²) in [6.07, 6.45) is 1.60. The molecule has 0 aromatic heterocycles. The quantitative estimate of drug-likeness (QED) is 0.768. The van der Waals surface area contributed by atoms with Crippen LogP contribution in [0.1, 0.15) is 24.4 Å². The zero-order valence-corrected chi connectivity index (χ0v) is 16.5. The van der Waals surface area contributed by atoms with Gasteiger partial charge in [-0.05, 0) is 18.9 Å². The number of rotatable bonds is 5. The van der Waals surface area contributed by atoms with Gasteiger partial charge in [0.05, 0.1) is 25.6 Å². The number of nitrogens with one attached hydrogen (secondary N) is 1. The normalized spacial score (nSPS) is 23.4. The van der Waals surface area contributed by atoms with Crippen molar-refractivity contribution >= 4 is 24.2 Å². The molecule has 2 atom stereocenters. The van der Waals surface area contributed by atoms with Crippen molar-refractivity contribution in [3.05, 3.63) is 29.8 Å². The van der Waals surface area contributed by atoms with Crippen LogP contribution in [-0.2, 0) is 9.59 Å². The molecule has 0 radical (unpaired) electrons. The van der Waals surface area contributed by atoms with Crippen molar-refractivity contribution in [2.45, 2.75) is 18.9 Å². The number of halogens is 1. The molecule has 2 heterocycles. The summed E-state index contributed by atoms with van der Waals surface area (Å²) in [5, 5.41) is 3.41. The second-order valence-corrected chi connectivity index (χ2v) is 7.01. The van der Waals surface area contributed by atoms with Gasteiger partial charge in [0.15, 0.2) is 0 Å². The van der Waals surface area contributed by atoms with Crippen molar-refractivity contribution in [1.82, 2.24) is 15.1 Å². The lowest BCUT2D eigenvalue weighted by molar-refractivity contribution is -0.136. The fourth-order valence-corrected chi connectivity index (χ4v) is 3.89. The van der Waals surface area contributed by atoms with E-state index in [0.29, 0.717) is 19.6 Å². The van der Waals surface area contributed by atoms with Crippen LogP contribution in [0.15, 0.2) is 24.3 Å². The molecule has 8 heteroatoms. The average molecular weight is 397 g/mol. The smallest absolute Gasteiger partial charge is 0.236 e. The van der Waals surface area contributed by atoms with Crippen molar-refractivity contribution in [2.24, 2.45) is 11.7 Å². The Bertz CT molecular complexity index is 658. The van der Waals surface area contributed by atoms with Crippen LogP contribution in [0.25, 0.3) is 0 Å². The van der Waals surface area contributed by atoms with Crippen LogP contribution in [0.3, 0.4) is 0 Å². The Morgan fingerprint density at radius 2 is 2.07 bits per heavy atom. The zero-order valence-electron chi connectivity index (χ0n) is 15.7. The molecule has 2 aliphatic heterocycles. The Hall–Kier alpha value is -1.83. The highest BCUT2D eigenvalue weighted by molar-refractivity contribution is 5.85. The van der Waals surface area contributed by atoms with E-state index in [0.717, 1.165) is 43.8 Å². The van der Waals surface area contributed by atoms with E-state index in [-0.39, 0.29) is 36.2 Å². The number of ether oxygens (including phenoxy) is 1. The number of carbonyl (C=O) groups excluding carboxylic acids is 2. The second-order valence-electron chi connectivity index (χ2n) is 7.01. The number of amides is 2. The monoisotopic (exact) mass is 396 g/mol. The lowest BCUT2D eigenvalue weighted by Crippen LogP contribution is -2.52. The van der Waals surface area contributed by atoms with Gasteiger partial charge in [-0.1, -0.05) is 18.2 Å². The number of carbonyl (C=O) groups is 2. The van der Waals surface area contributed by atoms with Crippen LogP contribution in [0.2, 0.25) is 0 Å². The van der Waals surface area contributed by atoms with Gasteiger partial charge in [-0.15, -0.1) is 12.4 Å². The first kappa shape index (κ1) is 21.5. The molecule has 0 spiro atoms. The Morgan fingerprint density at radius 1 is 1.30 bits per heavy atom. The van der Waals surface area contributed by atoms with E-state index in [1.54, 1.807) is 12.0 Å². The molecule has 0 bridgehead atoms. The Labute approximate surface area is 166 Å². The molecule has 2 fully saturated rings. The molecule has 7 nitrogen and oxygen atoms in total. The summed E-state index contributed by atoms with van der Waals surface area (Å²) >= 11 is 0. The molecule has 0 aliphatic carbocycles. The summed E-state index contributed by atoms with van der Waals surface area (Å²) in [7, 11) is 1.67. The third kappa shape index (κ3) is 5.12. The first-order valence-electron chi connectivity index (χ1n) is 9.25. The molecule has 0 saturated carbocycles. The van der Waals surface area contributed by atoms with E-state index >= 15 is 0 Å². The number of likely N-dealkylation sites (tertiary alicyclic amines) is 1. The Morgan fingerprint density at radius 3 is 2.81 bits per heavy atom. The van der Waals surface area contributed by atoms with Crippen LogP contribution < -0.4 is 15.8 Å². The van der Waals surface area contributed by atoms with E-state index < -0.39 is 0 Å². The van der Waals surface area contributed by atoms with E-state index in [4.69, 9.17) is 10.5 Å². The van der Waals surface area contributed by atoms with E-state index in [2.05, 4.69) is 16.3 Å². The molecule has 150 valence electrons. The highest BCUT2D eigenvalue weighted by atomic mass is 35.5. The number of hydrogen-bond acceptors (Lipinski definition) is 5. The molecule has 1 aromatic rings. The van der Waals surface area contributed by atoms with Crippen molar-refractivity contribution in [1.29, 1.82) is 0 Å². The predicted octanol–water partition coefficient (Wildman–Crippen LogP) is 0.787. The average Bonchev–Trinajstić information content (AvgIpc) is 2.68. The number of methoxy groups -OCH3 is 1. The largest absolute Gasteiger partial charge is 0.496 e. The van der Waals surface area contributed by atoms with Gasteiger partial charge in [0.2, 0.25) is 11.8 Å². The minimum atomic E-state index is -0.309. The lowest BCUT2D eigenvalue weighted by Gasteiger charge is -2.38. The first-order valence-corrected chi connectivity index (χ1v) is 9.25. The summed E-state index contributed by atoms with van der Waals surface area (Å²) in [5.74, 6) is 0.375. The molecule has 2 aliphatic rings. The minimum absolute atomic E-state index is 0. The molecular formula is C19H29ClN4O3. The van der Waals surface area contributed by atoms with E-state index in [1.807, 2.05) is 18.2 Å². The number of para-hydroxylation sites is 1. The van der Waals surface area contributed by atoms with Gasteiger partial charge in [-0.3, -0.25) is 14.5 Å². The second kappa shape index (κ2) is 9.92. The molecule has 2 saturated heterocycles. The molecule has 3 rings (SSSR count).